The average molecular weight is 437 g/mol. The van der Waals surface area contributed by atoms with Gasteiger partial charge in [0.1, 0.15) is 0 Å². The van der Waals surface area contributed by atoms with E-state index in [-0.39, 0.29) is 29.0 Å². The first-order valence-electron chi connectivity index (χ1n) is 7.46. The number of halogens is 6. The Morgan fingerprint density at radius 2 is 1.67 bits per heavy atom. The van der Waals surface area contributed by atoms with E-state index in [0.717, 1.165) is 6.07 Å². The SMILES string of the molecule is FC(F)(F)c1ccc(Cl)cc1CNc1nc(Nc2cc(Cl)cc(Cl)c2)n[nH]1. The van der Waals surface area contributed by atoms with Crippen molar-refractivity contribution in [2.75, 3.05) is 10.6 Å². The summed E-state index contributed by atoms with van der Waals surface area (Å²) in [4.78, 5) is 4.10. The van der Waals surface area contributed by atoms with Crippen molar-refractivity contribution >= 4 is 52.4 Å². The van der Waals surface area contributed by atoms with Crippen LogP contribution in [0.1, 0.15) is 11.1 Å². The lowest BCUT2D eigenvalue weighted by atomic mass is 10.1. The van der Waals surface area contributed by atoms with Crippen LogP contribution in [-0.4, -0.2) is 15.2 Å². The average Bonchev–Trinajstić information content (AvgIpc) is 2.98. The van der Waals surface area contributed by atoms with E-state index in [0.29, 0.717) is 15.7 Å². The molecule has 0 saturated heterocycles. The van der Waals surface area contributed by atoms with Gasteiger partial charge in [0.25, 0.3) is 0 Å². The van der Waals surface area contributed by atoms with E-state index in [1.807, 2.05) is 0 Å². The third-order valence-electron chi connectivity index (χ3n) is 3.42. The van der Waals surface area contributed by atoms with Crippen LogP contribution in [-0.2, 0) is 12.7 Å². The Balaban J connectivity index is 1.71. The lowest BCUT2D eigenvalue weighted by molar-refractivity contribution is -0.138. The fourth-order valence-corrected chi connectivity index (χ4v) is 3.04. The number of aromatic nitrogens is 3. The first kappa shape index (κ1) is 19.6. The Morgan fingerprint density at radius 3 is 2.33 bits per heavy atom. The van der Waals surface area contributed by atoms with E-state index < -0.39 is 11.7 Å². The monoisotopic (exact) mass is 435 g/mol. The summed E-state index contributed by atoms with van der Waals surface area (Å²) in [6, 6.07) is 8.20. The quantitative estimate of drug-likeness (QED) is 0.449. The van der Waals surface area contributed by atoms with Gasteiger partial charge >= 0.3 is 6.18 Å². The van der Waals surface area contributed by atoms with Gasteiger partial charge in [-0.05, 0) is 42.0 Å². The maximum Gasteiger partial charge on any atom is 0.416 e. The number of anilines is 3. The topological polar surface area (TPSA) is 65.6 Å². The van der Waals surface area contributed by atoms with Crippen molar-refractivity contribution in [2.24, 2.45) is 0 Å². The molecule has 0 amide bonds. The Morgan fingerprint density at radius 1 is 0.963 bits per heavy atom. The van der Waals surface area contributed by atoms with E-state index >= 15 is 0 Å². The zero-order valence-electron chi connectivity index (χ0n) is 13.3. The van der Waals surface area contributed by atoms with E-state index in [2.05, 4.69) is 25.8 Å². The fraction of sp³-hybridized carbons (Fsp3) is 0.125. The van der Waals surface area contributed by atoms with Crippen LogP contribution < -0.4 is 10.6 Å². The third kappa shape index (κ3) is 5.18. The molecule has 0 aliphatic carbocycles. The molecule has 27 heavy (non-hydrogen) atoms. The molecule has 0 spiro atoms. The molecule has 142 valence electrons. The van der Waals surface area contributed by atoms with Gasteiger partial charge in [0, 0.05) is 27.3 Å². The van der Waals surface area contributed by atoms with Gasteiger partial charge < -0.3 is 10.6 Å². The maximum absolute atomic E-state index is 13.1. The summed E-state index contributed by atoms with van der Waals surface area (Å²) >= 11 is 17.6. The summed E-state index contributed by atoms with van der Waals surface area (Å²) in [6.07, 6.45) is -4.48. The smallest absolute Gasteiger partial charge is 0.350 e. The van der Waals surface area contributed by atoms with Gasteiger partial charge in [-0.25, -0.2) is 5.10 Å². The van der Waals surface area contributed by atoms with Crippen LogP contribution in [0, 0.1) is 0 Å². The molecule has 0 bridgehead atoms. The highest BCUT2D eigenvalue weighted by molar-refractivity contribution is 6.35. The molecule has 5 nitrogen and oxygen atoms in total. The second kappa shape index (κ2) is 7.84. The molecule has 0 saturated carbocycles. The number of alkyl halides is 3. The normalized spacial score (nSPS) is 11.5. The van der Waals surface area contributed by atoms with Crippen molar-refractivity contribution in [3.05, 3.63) is 62.6 Å². The van der Waals surface area contributed by atoms with E-state index in [9.17, 15) is 13.2 Å². The number of H-pyrrole nitrogens is 1. The minimum atomic E-state index is -4.48. The number of hydrogen-bond acceptors (Lipinski definition) is 4. The van der Waals surface area contributed by atoms with Crippen LogP contribution in [0.3, 0.4) is 0 Å². The maximum atomic E-state index is 13.1. The van der Waals surface area contributed by atoms with E-state index in [4.69, 9.17) is 34.8 Å². The second-order valence-corrected chi connectivity index (χ2v) is 6.75. The molecule has 3 aromatic rings. The van der Waals surface area contributed by atoms with Gasteiger partial charge in [-0.2, -0.15) is 18.2 Å². The minimum Gasteiger partial charge on any atom is -0.350 e. The highest BCUT2D eigenvalue weighted by atomic mass is 35.5. The standard InChI is InChI=1S/C16H11Cl3F3N5/c17-9-1-2-13(16(20,21)22)8(3-9)7-23-14-25-15(27-26-14)24-12-5-10(18)4-11(19)6-12/h1-6H,7H2,(H3,23,24,25,26,27). The number of nitrogens with one attached hydrogen (secondary N) is 3. The molecule has 0 aliphatic heterocycles. The fourth-order valence-electron chi connectivity index (χ4n) is 2.32. The highest BCUT2D eigenvalue weighted by Gasteiger charge is 2.33. The Bertz CT molecular complexity index is 938. The number of rotatable bonds is 5. The number of nitrogens with zero attached hydrogens (tertiary/aromatic N) is 2. The summed E-state index contributed by atoms with van der Waals surface area (Å²) in [5.41, 5.74) is -0.222. The number of benzene rings is 2. The van der Waals surface area contributed by atoms with Crippen molar-refractivity contribution in [3.63, 3.8) is 0 Å². The summed E-state index contributed by atoms with van der Waals surface area (Å²) < 4.78 is 39.2. The van der Waals surface area contributed by atoms with Crippen LogP contribution >= 0.6 is 34.8 Å². The van der Waals surface area contributed by atoms with Crippen LogP contribution in [0.25, 0.3) is 0 Å². The molecular weight excluding hydrogens is 426 g/mol. The molecule has 3 rings (SSSR count). The van der Waals surface area contributed by atoms with Gasteiger partial charge in [0.05, 0.1) is 5.56 Å². The van der Waals surface area contributed by atoms with Gasteiger partial charge in [0.2, 0.25) is 11.9 Å². The molecule has 1 aromatic heterocycles. The molecule has 3 N–H and O–H groups in total. The van der Waals surface area contributed by atoms with Crippen molar-refractivity contribution in [2.45, 2.75) is 12.7 Å². The largest absolute Gasteiger partial charge is 0.416 e. The summed E-state index contributed by atoms with van der Waals surface area (Å²) in [7, 11) is 0. The zero-order valence-corrected chi connectivity index (χ0v) is 15.6. The molecule has 0 fully saturated rings. The molecule has 0 atom stereocenters. The Kier molecular flexibility index (Phi) is 5.69. The lowest BCUT2D eigenvalue weighted by Crippen LogP contribution is -2.12. The third-order valence-corrected chi connectivity index (χ3v) is 4.09. The molecule has 2 aromatic carbocycles. The molecular formula is C16H11Cl3F3N5. The lowest BCUT2D eigenvalue weighted by Gasteiger charge is -2.13. The summed E-state index contributed by atoms with van der Waals surface area (Å²) in [5.74, 6) is 0.372. The van der Waals surface area contributed by atoms with E-state index in [1.54, 1.807) is 18.2 Å². The second-order valence-electron chi connectivity index (χ2n) is 5.44. The zero-order chi connectivity index (χ0) is 19.6. The van der Waals surface area contributed by atoms with Crippen LogP contribution in [0.2, 0.25) is 15.1 Å². The number of aromatic amines is 1. The first-order valence-corrected chi connectivity index (χ1v) is 8.59. The minimum absolute atomic E-state index is 0.0115. The van der Waals surface area contributed by atoms with Gasteiger partial charge in [-0.3, -0.25) is 0 Å². The van der Waals surface area contributed by atoms with E-state index in [1.165, 1.54) is 12.1 Å². The number of hydrogen-bond donors (Lipinski definition) is 3. The first-order chi connectivity index (χ1) is 12.7. The van der Waals surface area contributed by atoms with Crippen molar-refractivity contribution < 1.29 is 13.2 Å². The van der Waals surface area contributed by atoms with Crippen molar-refractivity contribution in [1.82, 2.24) is 15.2 Å². The van der Waals surface area contributed by atoms with Crippen LogP contribution in [0.5, 0.6) is 0 Å². The molecule has 11 heteroatoms. The Hall–Kier alpha value is -2.16. The molecule has 1 heterocycles. The predicted molar refractivity (Wildman–Crippen MR) is 99.9 cm³/mol. The van der Waals surface area contributed by atoms with Crippen molar-refractivity contribution in [1.29, 1.82) is 0 Å². The van der Waals surface area contributed by atoms with Crippen LogP contribution in [0.15, 0.2) is 36.4 Å². The van der Waals surface area contributed by atoms with Crippen LogP contribution in [0.4, 0.5) is 30.8 Å². The predicted octanol–water partition coefficient (Wildman–Crippen LogP) is 6.14. The Labute approximate surface area is 166 Å². The summed E-state index contributed by atoms with van der Waals surface area (Å²) in [5, 5.41) is 13.2. The van der Waals surface area contributed by atoms with Gasteiger partial charge in [-0.1, -0.05) is 34.8 Å². The molecule has 0 aliphatic rings. The summed E-state index contributed by atoms with van der Waals surface area (Å²) in [6.45, 7) is -0.146. The van der Waals surface area contributed by atoms with Crippen molar-refractivity contribution in [3.8, 4) is 0 Å². The highest BCUT2D eigenvalue weighted by Crippen LogP contribution is 2.33. The van der Waals surface area contributed by atoms with Gasteiger partial charge in [0.15, 0.2) is 0 Å². The van der Waals surface area contributed by atoms with Gasteiger partial charge in [-0.15, -0.1) is 5.10 Å². The molecule has 0 unspecified atom stereocenters. The molecule has 0 radical (unpaired) electrons.